The van der Waals surface area contributed by atoms with Gasteiger partial charge in [-0.3, -0.25) is 0 Å². The van der Waals surface area contributed by atoms with E-state index >= 15 is 0 Å². The fourth-order valence-corrected chi connectivity index (χ4v) is 3.76. The lowest BCUT2D eigenvalue weighted by Gasteiger charge is -2.28. The van der Waals surface area contributed by atoms with Crippen LogP contribution in [0.5, 0.6) is 0 Å². The molecule has 0 saturated carbocycles. The minimum absolute atomic E-state index is 0.0545. The van der Waals surface area contributed by atoms with Crippen LogP contribution >= 0.6 is 0 Å². The molecule has 2 heterocycles. The van der Waals surface area contributed by atoms with E-state index in [1.54, 1.807) is 0 Å². The fourth-order valence-electron chi connectivity index (χ4n) is 3.76. The Balaban J connectivity index is 1.68. The van der Waals surface area contributed by atoms with E-state index in [0.29, 0.717) is 12.8 Å². The van der Waals surface area contributed by atoms with Crippen molar-refractivity contribution in [3.63, 3.8) is 0 Å². The summed E-state index contributed by atoms with van der Waals surface area (Å²) in [7, 11) is 0. The summed E-state index contributed by atoms with van der Waals surface area (Å²) < 4.78 is 44.6. The number of fused-ring (bicyclic) bond motifs is 2. The van der Waals surface area contributed by atoms with E-state index in [9.17, 15) is 23.1 Å². The van der Waals surface area contributed by atoms with Crippen molar-refractivity contribution in [2.75, 3.05) is 0 Å². The summed E-state index contributed by atoms with van der Waals surface area (Å²) in [6, 6.07) is 8.20. The zero-order valence-electron chi connectivity index (χ0n) is 13.1. The maximum absolute atomic E-state index is 13.1. The van der Waals surface area contributed by atoms with Gasteiger partial charge in [0.1, 0.15) is 6.61 Å². The molecule has 1 N–H and O–H groups in total. The van der Waals surface area contributed by atoms with Crippen LogP contribution in [0.3, 0.4) is 0 Å². The van der Waals surface area contributed by atoms with Crippen LogP contribution in [0.15, 0.2) is 30.3 Å². The quantitative estimate of drug-likeness (QED) is 0.894. The number of aliphatic hydroxyl groups is 1. The molecule has 0 spiro atoms. The van der Waals surface area contributed by atoms with E-state index in [1.165, 1.54) is 4.90 Å². The minimum atomic E-state index is -4.45. The Morgan fingerprint density at radius 3 is 2.42 bits per heavy atom. The number of benzene rings is 1. The molecule has 132 valence electrons. The first kappa shape index (κ1) is 17.1. The van der Waals surface area contributed by atoms with Gasteiger partial charge < -0.3 is 14.7 Å². The third kappa shape index (κ3) is 3.50. The van der Waals surface area contributed by atoms with Crippen molar-refractivity contribution in [3.05, 3.63) is 35.9 Å². The highest BCUT2D eigenvalue weighted by Crippen LogP contribution is 2.43. The molecule has 2 aliphatic rings. The largest absolute Gasteiger partial charge is 0.445 e. The van der Waals surface area contributed by atoms with Crippen molar-refractivity contribution in [2.45, 2.75) is 56.7 Å². The number of carbonyl (C=O) groups excluding carboxylic acids is 1. The molecule has 24 heavy (non-hydrogen) atoms. The zero-order chi connectivity index (χ0) is 17.3. The first-order valence-electron chi connectivity index (χ1n) is 8.10. The van der Waals surface area contributed by atoms with E-state index < -0.39 is 30.3 Å². The number of rotatable bonds is 2. The summed E-state index contributed by atoms with van der Waals surface area (Å²) in [6.45, 7) is 0.0842. The summed E-state index contributed by atoms with van der Waals surface area (Å²) in [5.41, 5.74) is 0.821. The van der Waals surface area contributed by atoms with Crippen LogP contribution in [-0.4, -0.2) is 40.5 Å². The molecule has 4 nitrogen and oxygen atoms in total. The molecule has 0 radical (unpaired) electrons. The van der Waals surface area contributed by atoms with Crippen molar-refractivity contribution < 1.29 is 27.8 Å². The molecule has 2 fully saturated rings. The van der Waals surface area contributed by atoms with Crippen molar-refractivity contribution in [1.29, 1.82) is 0 Å². The number of aliphatic hydroxyl groups excluding tert-OH is 1. The van der Waals surface area contributed by atoms with Crippen LogP contribution < -0.4 is 0 Å². The molecule has 2 aliphatic heterocycles. The second-order valence-corrected chi connectivity index (χ2v) is 6.52. The molecule has 4 unspecified atom stereocenters. The van der Waals surface area contributed by atoms with Gasteiger partial charge in [-0.15, -0.1) is 0 Å². The highest BCUT2D eigenvalue weighted by Gasteiger charge is 2.52. The van der Waals surface area contributed by atoms with Crippen LogP contribution in [0.4, 0.5) is 18.0 Å². The molecule has 2 saturated heterocycles. The van der Waals surface area contributed by atoms with Crippen LogP contribution in [0.2, 0.25) is 0 Å². The number of hydrogen-bond donors (Lipinski definition) is 1. The molecule has 0 aliphatic carbocycles. The van der Waals surface area contributed by atoms with Crippen LogP contribution in [-0.2, 0) is 11.3 Å². The predicted octanol–water partition coefficient (Wildman–Crippen LogP) is 3.49. The van der Waals surface area contributed by atoms with E-state index in [4.69, 9.17) is 4.74 Å². The molecule has 4 atom stereocenters. The molecule has 1 aromatic carbocycles. The number of ether oxygens (including phenoxy) is 1. The van der Waals surface area contributed by atoms with Crippen molar-refractivity contribution in [1.82, 2.24) is 4.90 Å². The first-order chi connectivity index (χ1) is 11.4. The number of alkyl halides is 3. The fraction of sp³-hybridized carbons (Fsp3) is 0.588. The van der Waals surface area contributed by atoms with Gasteiger partial charge in [0, 0.05) is 12.1 Å². The molecule has 2 bridgehead atoms. The average molecular weight is 343 g/mol. The smallest absolute Gasteiger partial charge is 0.410 e. The average Bonchev–Trinajstić information content (AvgIpc) is 2.84. The van der Waals surface area contributed by atoms with Gasteiger partial charge in [0.15, 0.2) is 0 Å². The molecular weight excluding hydrogens is 323 g/mol. The summed E-state index contributed by atoms with van der Waals surface area (Å²) in [5.74, 6) is -1.78. The second kappa shape index (κ2) is 6.63. The third-order valence-corrected chi connectivity index (χ3v) is 4.96. The highest BCUT2D eigenvalue weighted by molar-refractivity contribution is 5.69. The zero-order valence-corrected chi connectivity index (χ0v) is 13.1. The lowest BCUT2D eigenvalue weighted by Crippen LogP contribution is -2.41. The minimum Gasteiger partial charge on any atom is -0.445 e. The van der Waals surface area contributed by atoms with Gasteiger partial charge >= 0.3 is 12.3 Å². The number of halogens is 3. The lowest BCUT2D eigenvalue weighted by molar-refractivity contribution is -0.202. The van der Waals surface area contributed by atoms with Gasteiger partial charge in [-0.2, -0.15) is 13.2 Å². The van der Waals surface area contributed by atoms with Crippen LogP contribution in [0, 0.1) is 5.92 Å². The van der Waals surface area contributed by atoms with Crippen molar-refractivity contribution in [2.24, 2.45) is 5.92 Å². The number of nitrogens with zero attached hydrogens (tertiary/aromatic N) is 1. The van der Waals surface area contributed by atoms with Crippen LogP contribution in [0.1, 0.15) is 31.2 Å². The molecular formula is C17H20F3NO3. The summed E-state index contributed by atoms with van der Waals surface area (Å²) >= 11 is 0. The number of carbonyl (C=O) groups is 1. The Labute approximate surface area is 138 Å². The summed E-state index contributed by atoms with van der Waals surface area (Å²) in [6.07, 6.45) is -5.71. The maximum Gasteiger partial charge on any atom is 0.410 e. The SMILES string of the molecule is O=C(OCc1ccccc1)N1C2CCC1CC(C(F)(F)F)C(O)C2. The Kier molecular flexibility index (Phi) is 4.71. The van der Waals surface area contributed by atoms with E-state index in [-0.39, 0.29) is 25.5 Å². The van der Waals surface area contributed by atoms with E-state index in [0.717, 1.165) is 5.56 Å². The lowest BCUT2D eigenvalue weighted by atomic mass is 9.88. The van der Waals surface area contributed by atoms with Gasteiger partial charge in [-0.25, -0.2) is 4.79 Å². The number of hydrogen-bond acceptors (Lipinski definition) is 3. The normalized spacial score (nSPS) is 30.1. The Hall–Kier alpha value is -1.76. The number of amides is 1. The monoisotopic (exact) mass is 343 g/mol. The Morgan fingerprint density at radius 2 is 1.79 bits per heavy atom. The highest BCUT2D eigenvalue weighted by atomic mass is 19.4. The van der Waals surface area contributed by atoms with Crippen molar-refractivity contribution in [3.8, 4) is 0 Å². The van der Waals surface area contributed by atoms with Gasteiger partial charge in [-0.1, -0.05) is 30.3 Å². The molecule has 1 amide bonds. The van der Waals surface area contributed by atoms with Crippen LogP contribution in [0.25, 0.3) is 0 Å². The molecule has 1 aromatic rings. The molecule has 3 rings (SSSR count). The topological polar surface area (TPSA) is 49.8 Å². The predicted molar refractivity (Wildman–Crippen MR) is 80.1 cm³/mol. The standard InChI is InChI=1S/C17H20F3NO3/c18-17(19,20)14-8-12-6-7-13(9-15(14)22)21(12)16(23)24-10-11-4-2-1-3-5-11/h1-5,12-15,22H,6-10H2. The first-order valence-corrected chi connectivity index (χ1v) is 8.10. The van der Waals surface area contributed by atoms with Gasteiger partial charge in [-0.05, 0) is 31.2 Å². The van der Waals surface area contributed by atoms with E-state index in [1.807, 2.05) is 30.3 Å². The maximum atomic E-state index is 13.1. The Bertz CT molecular complexity index is 578. The van der Waals surface area contributed by atoms with Gasteiger partial charge in [0.25, 0.3) is 0 Å². The Morgan fingerprint density at radius 1 is 1.17 bits per heavy atom. The third-order valence-electron chi connectivity index (χ3n) is 4.96. The molecule has 0 aromatic heterocycles. The summed E-state index contributed by atoms with van der Waals surface area (Å²) in [5, 5.41) is 9.92. The van der Waals surface area contributed by atoms with Gasteiger partial charge in [0.2, 0.25) is 0 Å². The summed E-state index contributed by atoms with van der Waals surface area (Å²) in [4.78, 5) is 13.8. The van der Waals surface area contributed by atoms with Gasteiger partial charge in [0.05, 0.1) is 12.0 Å². The van der Waals surface area contributed by atoms with E-state index in [2.05, 4.69) is 0 Å². The molecule has 7 heteroatoms. The second-order valence-electron chi connectivity index (χ2n) is 6.52. The van der Waals surface area contributed by atoms with Crippen molar-refractivity contribution >= 4 is 6.09 Å².